The van der Waals surface area contributed by atoms with Crippen LogP contribution in [-0.4, -0.2) is 10.2 Å². The van der Waals surface area contributed by atoms with E-state index in [0.717, 1.165) is 16.5 Å². The Morgan fingerprint density at radius 3 is 2.64 bits per heavy atom. The van der Waals surface area contributed by atoms with Gasteiger partial charge in [-0.25, -0.2) is 4.39 Å². The smallest absolute Gasteiger partial charge is 0.149 e. The first kappa shape index (κ1) is 10.7. The van der Waals surface area contributed by atoms with Crippen LogP contribution in [0.5, 0.6) is 0 Å². The lowest BCUT2D eigenvalue weighted by molar-refractivity contribution is 0.635. The van der Waals surface area contributed by atoms with Gasteiger partial charge in [0.15, 0.2) is 0 Å². The molecule has 0 saturated carbocycles. The van der Waals surface area contributed by atoms with Crippen molar-refractivity contribution < 1.29 is 5.82 Å². The topological polar surface area (TPSA) is 28.7 Å². The number of rotatable bonds is 0. The predicted octanol–water partition coefficient (Wildman–Crippen LogP) is 3.59. The molecule has 0 aliphatic rings. The molecule has 0 fully saturated rings. The largest absolute Gasteiger partial charge is 0.275 e. The van der Waals surface area contributed by atoms with Gasteiger partial charge in [-0.05, 0) is 31.0 Å². The molecule has 0 bridgehead atoms. The van der Waals surface area contributed by atoms with Crippen molar-refractivity contribution in [3.05, 3.63) is 29.2 Å². The monoisotopic (exact) mass is 196 g/mol. The van der Waals surface area contributed by atoms with Crippen LogP contribution in [0, 0.1) is 19.7 Å². The number of fused-ring (bicyclic) bond motifs is 1. The average Bonchev–Trinajstić information content (AvgIpc) is 2.67. The first-order chi connectivity index (χ1) is 6.70. The number of H-pyrrole nitrogens is 1. The van der Waals surface area contributed by atoms with E-state index >= 15 is 0 Å². The molecular weight excluding hydrogens is 179 g/mol. The Balaban J connectivity index is 0.000000617. The van der Waals surface area contributed by atoms with E-state index in [0.29, 0.717) is 5.52 Å². The van der Waals surface area contributed by atoms with Crippen LogP contribution in [0.4, 0.5) is 4.39 Å². The van der Waals surface area contributed by atoms with E-state index in [1.807, 2.05) is 27.7 Å². The van der Waals surface area contributed by atoms with E-state index in [-0.39, 0.29) is 7.24 Å². The van der Waals surface area contributed by atoms with Crippen LogP contribution in [0.1, 0.15) is 26.4 Å². The number of hydrogen-bond acceptors (Lipinski definition) is 1. The van der Waals surface area contributed by atoms with Gasteiger partial charge in [-0.2, -0.15) is 5.10 Å². The van der Waals surface area contributed by atoms with Gasteiger partial charge in [0.2, 0.25) is 0 Å². The molecule has 2 rings (SSSR count). The predicted molar refractivity (Wildman–Crippen MR) is 59.0 cm³/mol. The van der Waals surface area contributed by atoms with Crippen LogP contribution in [0.25, 0.3) is 10.9 Å². The summed E-state index contributed by atoms with van der Waals surface area (Å²) in [5.41, 5.74) is 2.54. The van der Waals surface area contributed by atoms with Crippen molar-refractivity contribution in [1.82, 2.24) is 10.2 Å². The minimum absolute atomic E-state index is 0. The number of nitrogens with zero attached hydrogens (tertiary/aromatic N) is 1. The number of aromatic amines is 1. The molecule has 78 valence electrons. The maximum atomic E-state index is 13.2. The Morgan fingerprint density at radius 2 is 2.00 bits per heavy atom. The van der Waals surface area contributed by atoms with E-state index in [2.05, 4.69) is 10.2 Å². The fourth-order valence-electron chi connectivity index (χ4n) is 1.34. The highest BCUT2D eigenvalue weighted by Gasteiger charge is 2.07. The van der Waals surface area contributed by atoms with Gasteiger partial charge in [-0.15, -0.1) is 0 Å². The molecule has 0 radical (unpaired) electrons. The molecule has 0 amide bonds. The zero-order valence-corrected chi connectivity index (χ0v) is 8.98. The van der Waals surface area contributed by atoms with Crippen molar-refractivity contribution >= 4 is 10.9 Å². The number of aromatic nitrogens is 2. The second-order valence-electron chi connectivity index (χ2n) is 2.96. The summed E-state index contributed by atoms with van der Waals surface area (Å²) in [6.07, 6.45) is 1.65. The normalized spacial score (nSPS) is 9.79. The Hall–Kier alpha value is -1.38. The SMILES string of the molecule is CC.Cc1cc(F)c2[nH]ncc2c1C.[HH]. The quantitative estimate of drug-likeness (QED) is 0.685. The number of nitrogens with one attached hydrogen (secondary N) is 1. The van der Waals surface area contributed by atoms with Gasteiger partial charge in [-0.1, -0.05) is 13.8 Å². The maximum absolute atomic E-state index is 13.2. The van der Waals surface area contributed by atoms with Crippen LogP contribution in [0.3, 0.4) is 0 Å². The fraction of sp³-hybridized carbons (Fsp3) is 0.364. The molecule has 14 heavy (non-hydrogen) atoms. The number of hydrogen-bond donors (Lipinski definition) is 1. The number of benzene rings is 1. The Kier molecular flexibility index (Phi) is 3.23. The second kappa shape index (κ2) is 4.22. The van der Waals surface area contributed by atoms with Gasteiger partial charge in [0, 0.05) is 6.81 Å². The molecule has 0 saturated heterocycles. The molecule has 0 aliphatic heterocycles. The van der Waals surface area contributed by atoms with Crippen LogP contribution in [-0.2, 0) is 0 Å². The molecule has 0 unspecified atom stereocenters. The van der Waals surface area contributed by atoms with Crippen molar-refractivity contribution in [2.45, 2.75) is 27.7 Å². The Labute approximate surface area is 84.6 Å². The molecule has 2 nitrogen and oxygen atoms in total. The van der Waals surface area contributed by atoms with Gasteiger partial charge in [0.25, 0.3) is 0 Å². The summed E-state index contributed by atoms with van der Waals surface area (Å²) in [5, 5.41) is 7.30. The lowest BCUT2D eigenvalue weighted by Gasteiger charge is -2.00. The highest BCUT2D eigenvalue weighted by molar-refractivity contribution is 5.83. The van der Waals surface area contributed by atoms with Gasteiger partial charge in [-0.3, -0.25) is 5.10 Å². The van der Waals surface area contributed by atoms with E-state index in [1.54, 1.807) is 6.20 Å². The second-order valence-corrected chi connectivity index (χ2v) is 2.96. The van der Waals surface area contributed by atoms with Crippen LogP contribution in [0.2, 0.25) is 0 Å². The van der Waals surface area contributed by atoms with Crippen molar-refractivity contribution in [2.75, 3.05) is 0 Å². The van der Waals surface area contributed by atoms with Crippen LogP contribution < -0.4 is 0 Å². The van der Waals surface area contributed by atoms with Crippen molar-refractivity contribution in [3.63, 3.8) is 0 Å². The van der Waals surface area contributed by atoms with Crippen molar-refractivity contribution in [3.8, 4) is 0 Å². The highest BCUT2D eigenvalue weighted by atomic mass is 19.1. The third-order valence-electron chi connectivity index (χ3n) is 2.22. The lowest BCUT2D eigenvalue weighted by Crippen LogP contribution is -1.86. The molecular formula is C11H17FN2. The standard InChI is InChI=1S/C9H9FN2.C2H6.H2/c1-5-3-8(10)9-7(6(5)2)4-11-12-9;1-2;/h3-4H,1-2H3,(H,11,12);1-2H3;1H. The van der Waals surface area contributed by atoms with Crippen molar-refractivity contribution in [1.29, 1.82) is 0 Å². The first-order valence-corrected chi connectivity index (χ1v) is 4.79. The van der Waals surface area contributed by atoms with Crippen LogP contribution >= 0.6 is 0 Å². The van der Waals surface area contributed by atoms with Gasteiger partial charge in [0.05, 0.1) is 6.20 Å². The first-order valence-electron chi connectivity index (χ1n) is 4.79. The zero-order valence-electron chi connectivity index (χ0n) is 8.98. The molecule has 1 N–H and O–H groups in total. The summed E-state index contributed by atoms with van der Waals surface area (Å²) in [5.74, 6) is -0.231. The number of aryl methyl sites for hydroxylation is 2. The summed E-state index contributed by atoms with van der Waals surface area (Å²) in [4.78, 5) is 0. The Morgan fingerprint density at radius 1 is 1.36 bits per heavy atom. The molecule has 3 heteroatoms. The maximum Gasteiger partial charge on any atom is 0.149 e. The summed E-state index contributed by atoms with van der Waals surface area (Å²) >= 11 is 0. The summed E-state index contributed by atoms with van der Waals surface area (Å²) < 4.78 is 13.2. The van der Waals surface area contributed by atoms with E-state index in [9.17, 15) is 4.39 Å². The Bertz CT molecular complexity index is 437. The molecule has 0 spiro atoms. The molecule has 1 heterocycles. The highest BCUT2D eigenvalue weighted by Crippen LogP contribution is 2.21. The molecule has 0 atom stereocenters. The molecule has 1 aromatic carbocycles. The van der Waals surface area contributed by atoms with E-state index in [4.69, 9.17) is 0 Å². The third kappa shape index (κ3) is 1.62. The summed E-state index contributed by atoms with van der Waals surface area (Å²) in [7, 11) is 0. The fourth-order valence-corrected chi connectivity index (χ4v) is 1.34. The summed E-state index contributed by atoms with van der Waals surface area (Å²) in [6.45, 7) is 7.86. The lowest BCUT2D eigenvalue weighted by atomic mass is 10.1. The minimum Gasteiger partial charge on any atom is -0.275 e. The van der Waals surface area contributed by atoms with Gasteiger partial charge in [0.1, 0.15) is 11.3 Å². The third-order valence-corrected chi connectivity index (χ3v) is 2.22. The van der Waals surface area contributed by atoms with E-state index < -0.39 is 0 Å². The molecule has 1 aromatic heterocycles. The number of halogens is 1. The molecule has 2 aromatic rings. The minimum atomic E-state index is -0.231. The average molecular weight is 196 g/mol. The summed E-state index contributed by atoms with van der Waals surface area (Å²) in [6, 6.07) is 1.52. The van der Waals surface area contributed by atoms with Gasteiger partial charge >= 0.3 is 0 Å². The molecule has 0 aliphatic carbocycles. The zero-order chi connectivity index (χ0) is 10.7. The van der Waals surface area contributed by atoms with Gasteiger partial charge < -0.3 is 0 Å². The van der Waals surface area contributed by atoms with Crippen LogP contribution in [0.15, 0.2) is 12.3 Å². The van der Waals surface area contributed by atoms with E-state index in [1.165, 1.54) is 6.07 Å². The van der Waals surface area contributed by atoms with Crippen molar-refractivity contribution in [2.24, 2.45) is 0 Å².